The predicted molar refractivity (Wildman–Crippen MR) is 101 cm³/mol. The number of rotatable bonds is 6. The van der Waals surface area contributed by atoms with E-state index < -0.39 is 31.1 Å². The van der Waals surface area contributed by atoms with E-state index in [1.165, 1.54) is 66.7 Å². The highest BCUT2D eigenvalue weighted by Crippen LogP contribution is 2.56. The van der Waals surface area contributed by atoms with Crippen LogP contribution in [0.25, 0.3) is 0 Å². The summed E-state index contributed by atoms with van der Waals surface area (Å²) in [5.41, 5.74) is -0.429. The highest BCUT2D eigenvalue weighted by Gasteiger charge is 2.64. The van der Waals surface area contributed by atoms with Gasteiger partial charge in [-0.3, -0.25) is 4.57 Å². The first-order valence-corrected chi connectivity index (χ1v) is 10.2. The van der Waals surface area contributed by atoms with Crippen molar-refractivity contribution >= 4 is 18.0 Å². The fraction of sp³-hybridized carbons (Fsp3) is 0.143. The van der Waals surface area contributed by atoms with E-state index >= 15 is 0 Å². The third-order valence-corrected chi connectivity index (χ3v) is 6.72. The molecule has 0 aromatic heterocycles. The van der Waals surface area contributed by atoms with Gasteiger partial charge >= 0.3 is 12.1 Å². The molecule has 0 bridgehead atoms. The molecular formula is C21H16F5O2P. The van der Waals surface area contributed by atoms with Crippen LogP contribution in [0.15, 0.2) is 91.0 Å². The predicted octanol–water partition coefficient (Wildman–Crippen LogP) is 5.87. The van der Waals surface area contributed by atoms with Crippen molar-refractivity contribution in [3.63, 3.8) is 0 Å². The van der Waals surface area contributed by atoms with E-state index in [4.69, 9.17) is 4.52 Å². The maximum absolute atomic E-state index is 14.5. The van der Waals surface area contributed by atoms with Crippen molar-refractivity contribution < 1.29 is 31.0 Å². The van der Waals surface area contributed by atoms with Gasteiger partial charge in [0.25, 0.3) is 7.37 Å². The van der Waals surface area contributed by atoms with Crippen LogP contribution >= 0.6 is 7.37 Å². The Morgan fingerprint density at radius 3 is 1.41 bits per heavy atom. The van der Waals surface area contributed by atoms with Crippen LogP contribution in [0.4, 0.5) is 22.0 Å². The maximum atomic E-state index is 14.5. The van der Waals surface area contributed by atoms with E-state index in [1.54, 1.807) is 12.1 Å². The van der Waals surface area contributed by atoms with Crippen molar-refractivity contribution in [2.45, 2.75) is 18.2 Å². The van der Waals surface area contributed by atoms with Gasteiger partial charge in [0, 0.05) is 10.6 Å². The zero-order valence-electron chi connectivity index (χ0n) is 14.9. The minimum absolute atomic E-state index is 0.0186. The second-order valence-electron chi connectivity index (χ2n) is 6.24. The molecule has 0 N–H and O–H groups in total. The van der Waals surface area contributed by atoms with Crippen molar-refractivity contribution in [3.8, 4) is 0 Å². The second-order valence-corrected chi connectivity index (χ2v) is 8.59. The van der Waals surface area contributed by atoms with Gasteiger partial charge in [-0.2, -0.15) is 22.0 Å². The Morgan fingerprint density at radius 2 is 1.03 bits per heavy atom. The van der Waals surface area contributed by atoms with Crippen LogP contribution in [-0.2, 0) is 9.09 Å². The van der Waals surface area contributed by atoms with Gasteiger partial charge in [-0.05, 0) is 29.8 Å². The van der Waals surface area contributed by atoms with Gasteiger partial charge in [0.1, 0.15) is 0 Å². The fourth-order valence-electron chi connectivity index (χ4n) is 2.78. The molecule has 3 aromatic rings. The molecule has 2 nitrogen and oxygen atoms in total. The van der Waals surface area contributed by atoms with Crippen LogP contribution in [0, 0.1) is 0 Å². The molecule has 0 unspecified atom stereocenters. The van der Waals surface area contributed by atoms with E-state index in [1.807, 2.05) is 0 Å². The molecule has 29 heavy (non-hydrogen) atoms. The van der Waals surface area contributed by atoms with Gasteiger partial charge in [0.2, 0.25) is 0 Å². The topological polar surface area (TPSA) is 26.3 Å². The van der Waals surface area contributed by atoms with Crippen LogP contribution < -0.4 is 10.6 Å². The van der Waals surface area contributed by atoms with Gasteiger partial charge in [0.05, 0.1) is 0 Å². The minimum atomic E-state index is -5.90. The van der Waals surface area contributed by atoms with E-state index in [9.17, 15) is 26.5 Å². The van der Waals surface area contributed by atoms with Gasteiger partial charge in [0.15, 0.2) is 6.10 Å². The molecule has 8 heteroatoms. The number of alkyl halides is 5. The molecule has 3 rings (SSSR count). The lowest BCUT2D eigenvalue weighted by Gasteiger charge is -2.32. The average Bonchev–Trinajstić information content (AvgIpc) is 2.73. The molecule has 0 amide bonds. The molecule has 0 aliphatic rings. The lowest BCUT2D eigenvalue weighted by Crippen LogP contribution is -2.43. The molecule has 0 fully saturated rings. The average molecular weight is 426 g/mol. The Balaban J connectivity index is 2.18. The van der Waals surface area contributed by atoms with Crippen LogP contribution in [-0.4, -0.2) is 12.1 Å². The first-order chi connectivity index (χ1) is 13.7. The molecule has 0 aliphatic carbocycles. The highest BCUT2D eigenvalue weighted by molar-refractivity contribution is 7.74. The minimum Gasteiger partial charge on any atom is -0.307 e. The summed E-state index contributed by atoms with van der Waals surface area (Å²) < 4.78 is 87.8. The van der Waals surface area contributed by atoms with Crippen molar-refractivity contribution in [3.05, 3.63) is 96.6 Å². The SMILES string of the molecule is O=P(O[C@@H](c1ccccc1)C(F)(F)C(F)(F)F)(c1ccccc1)c1ccccc1. The first kappa shape index (κ1) is 21.2. The molecule has 0 aliphatic heterocycles. The molecular weight excluding hydrogens is 410 g/mol. The number of hydrogen-bond acceptors (Lipinski definition) is 2. The Kier molecular flexibility index (Phi) is 5.92. The molecule has 0 saturated heterocycles. The van der Waals surface area contributed by atoms with Crippen LogP contribution in [0.1, 0.15) is 11.7 Å². The lowest BCUT2D eigenvalue weighted by atomic mass is 10.0. The standard InChI is InChI=1S/C21H16F5O2P/c22-20(23,21(24,25)26)19(16-10-4-1-5-11-16)28-29(27,17-12-6-2-7-13-17)18-14-8-3-9-15-18/h1-15,19H/t19-/m0/s1. The van der Waals surface area contributed by atoms with Crippen molar-refractivity contribution in [2.24, 2.45) is 0 Å². The summed E-state index contributed by atoms with van der Waals surface area (Å²) >= 11 is 0. The molecule has 0 saturated carbocycles. The van der Waals surface area contributed by atoms with E-state index in [-0.39, 0.29) is 10.6 Å². The smallest absolute Gasteiger partial charge is 0.307 e. The molecule has 0 spiro atoms. The highest BCUT2D eigenvalue weighted by atomic mass is 31.2. The van der Waals surface area contributed by atoms with Gasteiger partial charge in [-0.25, -0.2) is 0 Å². The largest absolute Gasteiger partial charge is 0.456 e. The Labute approximate surface area is 164 Å². The van der Waals surface area contributed by atoms with Crippen molar-refractivity contribution in [1.29, 1.82) is 0 Å². The Hall–Kier alpha value is -2.50. The fourth-order valence-corrected chi connectivity index (χ4v) is 5.00. The van der Waals surface area contributed by atoms with Gasteiger partial charge in [-0.1, -0.05) is 66.7 Å². The van der Waals surface area contributed by atoms with E-state index in [0.717, 1.165) is 12.1 Å². The van der Waals surface area contributed by atoms with Gasteiger partial charge in [-0.15, -0.1) is 0 Å². The molecule has 0 heterocycles. The summed E-state index contributed by atoms with van der Waals surface area (Å²) in [4.78, 5) is 0. The quantitative estimate of drug-likeness (QED) is 0.364. The van der Waals surface area contributed by atoms with Crippen LogP contribution in [0.5, 0.6) is 0 Å². The summed E-state index contributed by atoms with van der Waals surface area (Å²) in [5.74, 6) is -5.27. The zero-order valence-corrected chi connectivity index (χ0v) is 15.8. The van der Waals surface area contributed by atoms with Crippen LogP contribution in [0.2, 0.25) is 0 Å². The monoisotopic (exact) mass is 426 g/mol. The van der Waals surface area contributed by atoms with Crippen molar-refractivity contribution in [2.75, 3.05) is 0 Å². The third-order valence-electron chi connectivity index (χ3n) is 4.26. The van der Waals surface area contributed by atoms with Gasteiger partial charge < -0.3 is 4.52 Å². The molecule has 1 atom stereocenters. The summed E-state index contributed by atoms with van der Waals surface area (Å²) in [5, 5.41) is 0.0372. The zero-order chi connectivity index (χ0) is 21.1. The Bertz CT molecular complexity index is 933. The molecule has 152 valence electrons. The summed E-state index contributed by atoms with van der Waals surface area (Å²) in [7, 11) is -4.29. The number of hydrogen-bond donors (Lipinski definition) is 0. The second kappa shape index (κ2) is 8.09. The number of halogens is 5. The third kappa shape index (κ3) is 4.26. The lowest BCUT2D eigenvalue weighted by molar-refractivity contribution is -0.310. The Morgan fingerprint density at radius 1 is 0.655 bits per heavy atom. The molecule has 3 aromatic carbocycles. The normalized spacial score (nSPS) is 13.8. The van der Waals surface area contributed by atoms with Crippen molar-refractivity contribution in [1.82, 2.24) is 0 Å². The van der Waals surface area contributed by atoms with Crippen LogP contribution in [0.3, 0.4) is 0 Å². The summed E-state index contributed by atoms with van der Waals surface area (Å²) in [6.07, 6.45) is -8.69. The number of benzene rings is 3. The molecule has 0 radical (unpaired) electrons. The first-order valence-electron chi connectivity index (χ1n) is 8.55. The van der Waals surface area contributed by atoms with E-state index in [2.05, 4.69) is 0 Å². The summed E-state index contributed by atoms with van der Waals surface area (Å²) in [6.45, 7) is 0. The van der Waals surface area contributed by atoms with E-state index in [0.29, 0.717) is 0 Å². The maximum Gasteiger partial charge on any atom is 0.456 e. The summed E-state index contributed by atoms with van der Waals surface area (Å²) in [6, 6.07) is 21.0.